The summed E-state index contributed by atoms with van der Waals surface area (Å²) >= 11 is 0. The molecule has 0 aromatic carbocycles. The highest BCUT2D eigenvalue weighted by atomic mass is 16.3. The second-order valence-electron chi connectivity index (χ2n) is 4.33. The molecule has 1 nitrogen and oxygen atoms in total. The maximum absolute atomic E-state index is 10.1. The van der Waals surface area contributed by atoms with Crippen LogP contribution >= 0.6 is 0 Å². The summed E-state index contributed by atoms with van der Waals surface area (Å²) in [5, 5.41) is 10.1. The van der Waals surface area contributed by atoms with Crippen molar-refractivity contribution in [1.82, 2.24) is 0 Å². The molecule has 0 fully saturated rings. The van der Waals surface area contributed by atoms with Crippen LogP contribution in [-0.2, 0) is 0 Å². The molecule has 0 spiro atoms. The fourth-order valence-corrected chi connectivity index (χ4v) is 2.27. The second kappa shape index (κ2) is 2.85. The van der Waals surface area contributed by atoms with Gasteiger partial charge in [0.25, 0.3) is 0 Å². The third-order valence-corrected chi connectivity index (χ3v) is 3.16. The van der Waals surface area contributed by atoms with E-state index in [1.165, 1.54) is 5.57 Å². The minimum Gasteiger partial charge on any atom is -0.385 e. The van der Waals surface area contributed by atoms with Gasteiger partial charge < -0.3 is 5.11 Å². The number of allylic oxidation sites excluding steroid dienone is 4. The third-order valence-electron chi connectivity index (χ3n) is 3.16. The zero-order chi connectivity index (χ0) is 9.47. The minimum absolute atomic E-state index is 0.274. The van der Waals surface area contributed by atoms with Gasteiger partial charge in [-0.15, -0.1) is 0 Å². The van der Waals surface area contributed by atoms with Gasteiger partial charge in [0.2, 0.25) is 0 Å². The maximum Gasteiger partial charge on any atom is 0.0865 e. The first kappa shape index (κ1) is 8.76. The van der Waals surface area contributed by atoms with Gasteiger partial charge >= 0.3 is 0 Å². The highest BCUT2D eigenvalue weighted by Crippen LogP contribution is 2.38. The summed E-state index contributed by atoms with van der Waals surface area (Å²) in [6, 6.07) is 0. The monoisotopic (exact) mass is 176 g/mol. The molecule has 0 aromatic rings. The summed E-state index contributed by atoms with van der Waals surface area (Å²) < 4.78 is 0. The van der Waals surface area contributed by atoms with Crippen LogP contribution in [0.1, 0.15) is 20.3 Å². The van der Waals surface area contributed by atoms with E-state index in [1.807, 2.05) is 19.1 Å². The number of hydrogen-bond acceptors (Lipinski definition) is 1. The van der Waals surface area contributed by atoms with E-state index in [2.05, 4.69) is 25.2 Å². The summed E-state index contributed by atoms with van der Waals surface area (Å²) in [4.78, 5) is 0. The summed E-state index contributed by atoms with van der Waals surface area (Å²) in [6.07, 6.45) is 11.5. The van der Waals surface area contributed by atoms with Crippen molar-refractivity contribution in [2.75, 3.05) is 0 Å². The molecule has 0 heterocycles. The van der Waals surface area contributed by atoms with E-state index in [-0.39, 0.29) is 5.92 Å². The molecule has 0 amide bonds. The van der Waals surface area contributed by atoms with Crippen LogP contribution in [0.3, 0.4) is 0 Å². The lowest BCUT2D eigenvalue weighted by molar-refractivity contribution is 0.0516. The van der Waals surface area contributed by atoms with Crippen molar-refractivity contribution < 1.29 is 5.11 Å². The molecule has 1 N–H and O–H groups in total. The highest BCUT2D eigenvalue weighted by molar-refractivity contribution is 5.28. The SMILES string of the molecule is CC1=C[C@@](C)(O)[C@H]2C=CC=C[C@H]1C2. The molecule has 3 atom stereocenters. The summed E-state index contributed by atoms with van der Waals surface area (Å²) in [6.45, 7) is 4.00. The Labute approximate surface area is 79.5 Å². The molecule has 2 rings (SSSR count). The lowest BCUT2D eigenvalue weighted by Gasteiger charge is -2.35. The van der Waals surface area contributed by atoms with Crippen LogP contribution in [0, 0.1) is 11.8 Å². The van der Waals surface area contributed by atoms with E-state index < -0.39 is 5.60 Å². The highest BCUT2D eigenvalue weighted by Gasteiger charge is 2.34. The van der Waals surface area contributed by atoms with Crippen LogP contribution in [-0.4, -0.2) is 10.7 Å². The second-order valence-corrected chi connectivity index (χ2v) is 4.33. The number of fused-ring (bicyclic) bond motifs is 2. The van der Waals surface area contributed by atoms with Gasteiger partial charge in [0.15, 0.2) is 0 Å². The van der Waals surface area contributed by atoms with Crippen molar-refractivity contribution in [2.24, 2.45) is 11.8 Å². The third kappa shape index (κ3) is 1.49. The smallest absolute Gasteiger partial charge is 0.0865 e. The van der Waals surface area contributed by atoms with Crippen molar-refractivity contribution in [3.05, 3.63) is 36.0 Å². The van der Waals surface area contributed by atoms with Crippen LogP contribution < -0.4 is 0 Å². The van der Waals surface area contributed by atoms with E-state index >= 15 is 0 Å². The Balaban J connectivity index is 2.41. The first-order chi connectivity index (χ1) is 6.09. The number of rotatable bonds is 0. The standard InChI is InChI=1S/C12H16O/c1-9-8-12(2,13)11-6-4-3-5-10(9)7-11/h3-6,8,10-11,13H,7H2,1-2H3/t10-,11-,12+/m0/s1. The molecular formula is C12H16O. The first-order valence-corrected chi connectivity index (χ1v) is 4.86. The van der Waals surface area contributed by atoms with Crippen molar-refractivity contribution in [3.63, 3.8) is 0 Å². The van der Waals surface area contributed by atoms with Crippen molar-refractivity contribution in [3.8, 4) is 0 Å². The molecule has 1 heteroatoms. The van der Waals surface area contributed by atoms with E-state index in [0.29, 0.717) is 5.92 Å². The fraction of sp³-hybridized carbons (Fsp3) is 0.500. The molecule has 2 aliphatic rings. The van der Waals surface area contributed by atoms with Crippen LogP contribution in [0.25, 0.3) is 0 Å². The van der Waals surface area contributed by atoms with Gasteiger partial charge in [-0.3, -0.25) is 0 Å². The average Bonchev–Trinajstić information content (AvgIpc) is 2.24. The Morgan fingerprint density at radius 1 is 1.38 bits per heavy atom. The summed E-state index contributed by atoms with van der Waals surface area (Å²) in [7, 11) is 0. The molecule has 2 aliphatic carbocycles. The quantitative estimate of drug-likeness (QED) is 0.562. The molecule has 0 saturated heterocycles. The Hall–Kier alpha value is -0.820. The lowest BCUT2D eigenvalue weighted by Crippen LogP contribution is -2.36. The van der Waals surface area contributed by atoms with Crippen LogP contribution in [0.4, 0.5) is 0 Å². The van der Waals surface area contributed by atoms with Gasteiger partial charge in [0.05, 0.1) is 5.60 Å². The number of aliphatic hydroxyl groups is 1. The van der Waals surface area contributed by atoms with E-state index in [4.69, 9.17) is 0 Å². The van der Waals surface area contributed by atoms with Crippen LogP contribution in [0.2, 0.25) is 0 Å². The van der Waals surface area contributed by atoms with E-state index in [9.17, 15) is 5.11 Å². The van der Waals surface area contributed by atoms with Gasteiger partial charge in [0, 0.05) is 5.92 Å². The Morgan fingerprint density at radius 2 is 2.08 bits per heavy atom. The molecule has 0 radical (unpaired) electrons. The molecule has 2 bridgehead atoms. The van der Waals surface area contributed by atoms with Gasteiger partial charge in [-0.05, 0) is 26.2 Å². The lowest BCUT2D eigenvalue weighted by atomic mass is 9.74. The predicted octanol–water partition coefficient (Wildman–Crippen LogP) is 2.45. The van der Waals surface area contributed by atoms with Crippen LogP contribution in [0.15, 0.2) is 36.0 Å². The molecule has 70 valence electrons. The topological polar surface area (TPSA) is 20.2 Å². The normalized spacial score (nSPS) is 42.8. The zero-order valence-corrected chi connectivity index (χ0v) is 8.20. The Bertz CT molecular complexity index is 294. The van der Waals surface area contributed by atoms with Crippen LogP contribution in [0.5, 0.6) is 0 Å². The van der Waals surface area contributed by atoms with Gasteiger partial charge in [-0.1, -0.05) is 36.0 Å². The first-order valence-electron chi connectivity index (χ1n) is 4.86. The number of hydrogen-bond donors (Lipinski definition) is 1. The van der Waals surface area contributed by atoms with E-state index in [1.54, 1.807) is 0 Å². The molecule has 0 aliphatic heterocycles. The molecule has 0 unspecified atom stereocenters. The molecular weight excluding hydrogens is 160 g/mol. The predicted molar refractivity (Wildman–Crippen MR) is 54.3 cm³/mol. The van der Waals surface area contributed by atoms with E-state index in [0.717, 1.165) is 6.42 Å². The minimum atomic E-state index is -0.650. The van der Waals surface area contributed by atoms with Gasteiger partial charge in [0.1, 0.15) is 0 Å². The summed E-state index contributed by atoms with van der Waals surface area (Å²) in [5.74, 6) is 0.802. The Morgan fingerprint density at radius 3 is 2.85 bits per heavy atom. The Kier molecular flexibility index (Phi) is 1.92. The maximum atomic E-state index is 10.1. The summed E-state index contributed by atoms with van der Waals surface area (Å²) in [5.41, 5.74) is 0.643. The molecule has 0 aromatic heterocycles. The molecule has 13 heavy (non-hydrogen) atoms. The average molecular weight is 176 g/mol. The fourth-order valence-electron chi connectivity index (χ4n) is 2.27. The molecule has 0 saturated carbocycles. The van der Waals surface area contributed by atoms with Gasteiger partial charge in [-0.2, -0.15) is 0 Å². The zero-order valence-electron chi connectivity index (χ0n) is 8.20. The van der Waals surface area contributed by atoms with Crippen molar-refractivity contribution in [2.45, 2.75) is 25.9 Å². The van der Waals surface area contributed by atoms with Gasteiger partial charge in [-0.25, -0.2) is 0 Å². The van der Waals surface area contributed by atoms with Crippen molar-refractivity contribution in [1.29, 1.82) is 0 Å². The van der Waals surface area contributed by atoms with Crippen molar-refractivity contribution >= 4 is 0 Å². The largest absolute Gasteiger partial charge is 0.385 e.